The van der Waals surface area contributed by atoms with Gasteiger partial charge in [0.2, 0.25) is 0 Å². The Morgan fingerprint density at radius 2 is 2.25 bits per heavy atom. The molecule has 0 bridgehead atoms. The van der Waals surface area contributed by atoms with Crippen molar-refractivity contribution in [3.05, 3.63) is 0 Å². The standard InChI is InChI=1S/C7H9F2NO2/c1-12-5(11)4-6(3-10-4)2-7(6,8)9/h4,10H,2-3H2,1H3/t4-,6+/m0/s1. The molecule has 0 aromatic carbocycles. The van der Waals surface area contributed by atoms with Crippen molar-refractivity contribution in [3.8, 4) is 0 Å². The molecule has 2 atom stereocenters. The number of halogens is 2. The highest BCUT2D eigenvalue weighted by Crippen LogP contribution is 2.65. The summed E-state index contributed by atoms with van der Waals surface area (Å²) in [6.07, 6.45) is -0.188. The van der Waals surface area contributed by atoms with E-state index in [4.69, 9.17) is 0 Å². The largest absolute Gasteiger partial charge is 0.468 e. The number of nitrogens with one attached hydrogen (secondary N) is 1. The predicted molar refractivity (Wildman–Crippen MR) is 35.8 cm³/mol. The van der Waals surface area contributed by atoms with Crippen LogP contribution in [-0.2, 0) is 9.53 Å². The zero-order chi connectivity index (χ0) is 8.98. The Balaban J connectivity index is 2.09. The van der Waals surface area contributed by atoms with Crippen molar-refractivity contribution < 1.29 is 18.3 Å². The lowest BCUT2D eigenvalue weighted by molar-refractivity contribution is -0.151. The van der Waals surface area contributed by atoms with Gasteiger partial charge >= 0.3 is 5.97 Å². The van der Waals surface area contributed by atoms with Crippen LogP contribution >= 0.6 is 0 Å². The highest BCUT2D eigenvalue weighted by atomic mass is 19.3. The highest BCUT2D eigenvalue weighted by Gasteiger charge is 2.80. The zero-order valence-electron chi connectivity index (χ0n) is 6.56. The van der Waals surface area contributed by atoms with Crippen LogP contribution in [0.1, 0.15) is 6.42 Å². The molecular weight excluding hydrogens is 168 g/mol. The molecule has 2 fully saturated rings. The van der Waals surface area contributed by atoms with Crippen molar-refractivity contribution >= 4 is 5.97 Å². The first-order valence-corrected chi connectivity index (χ1v) is 3.72. The van der Waals surface area contributed by atoms with E-state index in [9.17, 15) is 13.6 Å². The third-order valence-electron chi connectivity index (χ3n) is 2.75. The quantitative estimate of drug-likeness (QED) is 0.580. The van der Waals surface area contributed by atoms with Gasteiger partial charge < -0.3 is 10.1 Å². The van der Waals surface area contributed by atoms with Gasteiger partial charge in [0.05, 0.1) is 12.5 Å². The number of rotatable bonds is 1. The maximum atomic E-state index is 12.7. The number of hydrogen-bond acceptors (Lipinski definition) is 3. The van der Waals surface area contributed by atoms with Crippen LogP contribution in [0.3, 0.4) is 0 Å². The molecule has 2 rings (SSSR count). The number of carbonyl (C=O) groups is 1. The Hall–Kier alpha value is -0.710. The van der Waals surface area contributed by atoms with Crippen LogP contribution in [0.25, 0.3) is 0 Å². The number of hydrogen-bond donors (Lipinski definition) is 1. The normalized spacial score (nSPS) is 42.1. The molecule has 5 heteroatoms. The second-order valence-corrected chi connectivity index (χ2v) is 3.37. The first kappa shape index (κ1) is 7.91. The number of alkyl halides is 2. The molecule has 1 saturated heterocycles. The number of ether oxygens (including phenoxy) is 1. The van der Waals surface area contributed by atoms with Gasteiger partial charge in [-0.05, 0) is 0 Å². The maximum absolute atomic E-state index is 12.7. The molecule has 0 aromatic rings. The summed E-state index contributed by atoms with van der Waals surface area (Å²) in [6, 6.07) is -0.794. The zero-order valence-corrected chi connectivity index (χ0v) is 6.56. The molecule has 1 aliphatic carbocycles. The molecule has 0 aromatic heterocycles. The molecule has 1 aliphatic heterocycles. The second kappa shape index (κ2) is 1.96. The summed E-state index contributed by atoms with van der Waals surface area (Å²) in [5.41, 5.74) is -1.11. The van der Waals surface area contributed by atoms with Gasteiger partial charge in [-0.1, -0.05) is 0 Å². The van der Waals surface area contributed by atoms with Crippen molar-refractivity contribution in [3.63, 3.8) is 0 Å². The molecule has 3 nitrogen and oxygen atoms in total. The van der Waals surface area contributed by atoms with Gasteiger partial charge in [-0.15, -0.1) is 0 Å². The predicted octanol–water partition coefficient (Wildman–Crippen LogP) is 0.157. The lowest BCUT2D eigenvalue weighted by Gasteiger charge is -2.36. The van der Waals surface area contributed by atoms with Crippen LogP contribution in [0.2, 0.25) is 0 Å². The van der Waals surface area contributed by atoms with Gasteiger partial charge in [0.15, 0.2) is 0 Å². The molecular formula is C7H9F2NO2. The monoisotopic (exact) mass is 177 g/mol. The molecule has 2 aliphatic rings. The molecule has 1 spiro atoms. The van der Waals surface area contributed by atoms with E-state index in [0.29, 0.717) is 0 Å². The summed E-state index contributed by atoms with van der Waals surface area (Å²) in [5, 5.41) is 2.65. The minimum absolute atomic E-state index is 0.188. The van der Waals surface area contributed by atoms with E-state index in [0.717, 1.165) is 0 Å². The Bertz CT molecular complexity index is 244. The molecule has 0 radical (unpaired) electrons. The Labute approximate surface area is 68.1 Å². The molecule has 1 heterocycles. The fourth-order valence-electron chi connectivity index (χ4n) is 1.73. The average molecular weight is 177 g/mol. The highest BCUT2D eigenvalue weighted by molar-refractivity contribution is 5.79. The average Bonchev–Trinajstić information content (AvgIpc) is 2.54. The van der Waals surface area contributed by atoms with Gasteiger partial charge in [-0.2, -0.15) is 0 Å². The first-order valence-electron chi connectivity index (χ1n) is 3.72. The smallest absolute Gasteiger partial charge is 0.323 e. The lowest BCUT2D eigenvalue weighted by Crippen LogP contribution is -2.61. The SMILES string of the molecule is COC(=O)[C@@H]1NC[C@]12CC2(F)F. The third-order valence-corrected chi connectivity index (χ3v) is 2.75. The van der Waals surface area contributed by atoms with Gasteiger partial charge in [-0.3, -0.25) is 4.79 Å². The lowest BCUT2D eigenvalue weighted by atomic mass is 9.87. The van der Waals surface area contributed by atoms with Gasteiger partial charge in [0.1, 0.15) is 6.04 Å². The minimum atomic E-state index is -2.67. The molecule has 68 valence electrons. The van der Waals surface area contributed by atoms with E-state index in [1.807, 2.05) is 0 Å². The number of methoxy groups -OCH3 is 1. The summed E-state index contributed by atoms with van der Waals surface area (Å²) in [7, 11) is 1.20. The van der Waals surface area contributed by atoms with E-state index in [2.05, 4.69) is 10.1 Å². The van der Waals surface area contributed by atoms with Crippen molar-refractivity contribution in [1.82, 2.24) is 5.32 Å². The van der Waals surface area contributed by atoms with Gasteiger partial charge in [-0.25, -0.2) is 8.78 Å². The van der Waals surface area contributed by atoms with Crippen molar-refractivity contribution in [2.75, 3.05) is 13.7 Å². The molecule has 12 heavy (non-hydrogen) atoms. The maximum Gasteiger partial charge on any atom is 0.323 e. The van der Waals surface area contributed by atoms with Crippen LogP contribution in [0, 0.1) is 5.41 Å². The summed E-state index contributed by atoms with van der Waals surface area (Å²) < 4.78 is 29.9. The topological polar surface area (TPSA) is 38.3 Å². The van der Waals surface area contributed by atoms with E-state index < -0.39 is 23.3 Å². The molecule has 0 amide bonds. The fraction of sp³-hybridized carbons (Fsp3) is 0.857. The molecule has 1 saturated carbocycles. The molecule has 0 unspecified atom stereocenters. The van der Waals surface area contributed by atoms with E-state index in [1.165, 1.54) is 7.11 Å². The first-order chi connectivity index (χ1) is 5.53. The van der Waals surface area contributed by atoms with Crippen molar-refractivity contribution in [2.45, 2.75) is 18.4 Å². The van der Waals surface area contributed by atoms with Crippen LogP contribution in [0.15, 0.2) is 0 Å². The van der Waals surface area contributed by atoms with Crippen LogP contribution in [0.4, 0.5) is 8.78 Å². The van der Waals surface area contributed by atoms with Crippen LogP contribution in [0.5, 0.6) is 0 Å². The number of carbonyl (C=O) groups excluding carboxylic acids is 1. The van der Waals surface area contributed by atoms with Gasteiger partial charge in [0.25, 0.3) is 5.92 Å². The van der Waals surface area contributed by atoms with E-state index in [-0.39, 0.29) is 13.0 Å². The van der Waals surface area contributed by atoms with Gasteiger partial charge in [0, 0.05) is 13.0 Å². The summed E-state index contributed by atoms with van der Waals surface area (Å²) in [5.74, 6) is -3.25. The Morgan fingerprint density at radius 3 is 2.50 bits per heavy atom. The molecule has 1 N–H and O–H groups in total. The summed E-state index contributed by atoms with van der Waals surface area (Å²) in [4.78, 5) is 10.9. The summed E-state index contributed by atoms with van der Waals surface area (Å²) >= 11 is 0. The summed E-state index contributed by atoms with van der Waals surface area (Å²) in [6.45, 7) is 0.222. The number of esters is 1. The van der Waals surface area contributed by atoms with E-state index in [1.54, 1.807) is 0 Å². The minimum Gasteiger partial charge on any atom is -0.468 e. The van der Waals surface area contributed by atoms with Crippen LogP contribution < -0.4 is 5.32 Å². The fourth-order valence-corrected chi connectivity index (χ4v) is 1.73. The van der Waals surface area contributed by atoms with Crippen molar-refractivity contribution in [1.29, 1.82) is 0 Å². The van der Waals surface area contributed by atoms with Crippen molar-refractivity contribution in [2.24, 2.45) is 5.41 Å². The second-order valence-electron chi connectivity index (χ2n) is 3.37. The Morgan fingerprint density at radius 1 is 1.67 bits per heavy atom. The third kappa shape index (κ3) is 0.696. The van der Waals surface area contributed by atoms with E-state index >= 15 is 0 Å². The van der Waals surface area contributed by atoms with Crippen LogP contribution in [-0.4, -0.2) is 31.6 Å². The Kier molecular flexibility index (Phi) is 1.29.